The first kappa shape index (κ1) is 29.8. The summed E-state index contributed by atoms with van der Waals surface area (Å²) in [4.78, 5) is 11.5. The molecule has 0 unspecified atom stereocenters. The summed E-state index contributed by atoms with van der Waals surface area (Å²) >= 11 is 10.4. The van der Waals surface area contributed by atoms with Gasteiger partial charge in [0.25, 0.3) is 0 Å². The quantitative estimate of drug-likeness (QED) is 0.0723. The van der Waals surface area contributed by atoms with Crippen LogP contribution in [0.4, 0.5) is 0 Å². The van der Waals surface area contributed by atoms with Crippen LogP contribution >= 0.6 is 47.8 Å². The Bertz CT molecular complexity index is 562. The second-order valence-corrected chi connectivity index (χ2v) is 10.2. The molecule has 0 heterocycles. The van der Waals surface area contributed by atoms with Crippen LogP contribution in [0, 0.1) is 0 Å². The maximum Gasteiger partial charge on any atom is 0.203 e. The Morgan fingerprint density at radius 3 is 1.31 bits per heavy atom. The van der Waals surface area contributed by atoms with E-state index in [2.05, 4.69) is 47.8 Å². The predicted octanol–water partition coefficient (Wildman–Crippen LogP) is 8.50. The van der Waals surface area contributed by atoms with Crippen molar-refractivity contribution in [3.05, 3.63) is 17.7 Å². The molecule has 32 heavy (non-hydrogen) atoms. The average Bonchev–Trinajstić information content (AvgIpc) is 2.81. The fourth-order valence-electron chi connectivity index (χ4n) is 3.21. The lowest BCUT2D eigenvalue weighted by Gasteiger charge is -2.18. The zero-order chi connectivity index (χ0) is 23.3. The molecule has 7 heteroatoms. The van der Waals surface area contributed by atoms with Crippen molar-refractivity contribution in [2.45, 2.75) is 77.0 Å². The van der Waals surface area contributed by atoms with Crippen molar-refractivity contribution in [3.63, 3.8) is 0 Å². The Kier molecular flexibility index (Phi) is 19.8. The van der Waals surface area contributed by atoms with Gasteiger partial charge >= 0.3 is 0 Å². The molecule has 1 rings (SSSR count). The van der Waals surface area contributed by atoms with Crippen molar-refractivity contribution in [1.82, 2.24) is 0 Å². The van der Waals surface area contributed by atoms with Gasteiger partial charge in [0.2, 0.25) is 5.75 Å². The molecule has 0 spiro atoms. The molecule has 0 fully saturated rings. The first-order valence-electron chi connectivity index (χ1n) is 12.0. The minimum absolute atomic E-state index is 0.554. The van der Waals surface area contributed by atoms with Crippen molar-refractivity contribution in [2.75, 3.05) is 35.8 Å². The molecule has 0 N–H and O–H groups in total. The lowest BCUT2D eigenvalue weighted by molar-refractivity contribution is 0.112. The first-order chi connectivity index (χ1) is 15.8. The van der Waals surface area contributed by atoms with Gasteiger partial charge in [-0.1, -0.05) is 86.3 Å². The van der Waals surface area contributed by atoms with Crippen LogP contribution in [0.25, 0.3) is 0 Å². The highest BCUT2D eigenvalue weighted by molar-refractivity contribution is 9.09. The van der Waals surface area contributed by atoms with Crippen LogP contribution in [0.15, 0.2) is 12.1 Å². The Morgan fingerprint density at radius 2 is 0.938 bits per heavy atom. The van der Waals surface area contributed by atoms with Crippen molar-refractivity contribution < 1.29 is 19.0 Å². The SMILES string of the molecule is O=Cc1cc(OCCCCCCBr)c(OCCCCCCBr)c(OCCCCCCBr)c1. The predicted molar refractivity (Wildman–Crippen MR) is 145 cm³/mol. The maximum absolute atomic E-state index is 11.5. The summed E-state index contributed by atoms with van der Waals surface area (Å²) in [5, 5.41) is 3.13. The molecule has 4 nitrogen and oxygen atoms in total. The Hall–Kier alpha value is -0.270. The minimum Gasteiger partial charge on any atom is -0.490 e. The van der Waals surface area contributed by atoms with E-state index in [0.717, 1.165) is 60.8 Å². The summed E-state index contributed by atoms with van der Waals surface area (Å²) in [5.41, 5.74) is 0.554. The number of alkyl halides is 3. The van der Waals surface area contributed by atoms with Crippen molar-refractivity contribution in [3.8, 4) is 17.2 Å². The molecule has 1 aromatic carbocycles. The van der Waals surface area contributed by atoms with E-state index in [-0.39, 0.29) is 0 Å². The monoisotopic (exact) mass is 640 g/mol. The fraction of sp³-hybridized carbons (Fsp3) is 0.720. The third-order valence-corrected chi connectivity index (χ3v) is 6.71. The first-order valence-corrected chi connectivity index (χ1v) is 15.3. The molecule has 0 aliphatic rings. The third-order valence-electron chi connectivity index (χ3n) is 5.02. The summed E-state index contributed by atoms with van der Waals surface area (Å²) in [6.07, 6.45) is 14.3. The van der Waals surface area contributed by atoms with Crippen LogP contribution in [0.2, 0.25) is 0 Å². The van der Waals surface area contributed by atoms with E-state index in [1.54, 1.807) is 12.1 Å². The molecule has 0 aliphatic heterocycles. The van der Waals surface area contributed by atoms with E-state index in [1.807, 2.05) is 0 Å². The highest BCUT2D eigenvalue weighted by Crippen LogP contribution is 2.39. The van der Waals surface area contributed by atoms with E-state index >= 15 is 0 Å². The summed E-state index contributed by atoms with van der Waals surface area (Å²) < 4.78 is 18.3. The van der Waals surface area contributed by atoms with Crippen molar-refractivity contribution in [2.24, 2.45) is 0 Å². The molecule has 0 amide bonds. The number of hydrogen-bond donors (Lipinski definition) is 0. The van der Waals surface area contributed by atoms with Crippen LogP contribution in [0.1, 0.15) is 87.4 Å². The largest absolute Gasteiger partial charge is 0.490 e. The topological polar surface area (TPSA) is 44.8 Å². The molecular formula is C25H39Br3O4. The molecule has 0 radical (unpaired) electrons. The van der Waals surface area contributed by atoms with E-state index in [4.69, 9.17) is 14.2 Å². The second kappa shape index (κ2) is 21.3. The summed E-state index contributed by atoms with van der Waals surface area (Å²) in [6.45, 7) is 1.84. The minimum atomic E-state index is 0.554. The van der Waals surface area contributed by atoms with Gasteiger partial charge in [0, 0.05) is 21.6 Å². The smallest absolute Gasteiger partial charge is 0.203 e. The van der Waals surface area contributed by atoms with Gasteiger partial charge in [0.05, 0.1) is 19.8 Å². The van der Waals surface area contributed by atoms with Gasteiger partial charge in [0.1, 0.15) is 6.29 Å². The van der Waals surface area contributed by atoms with E-state index in [1.165, 1.54) is 38.5 Å². The summed E-state index contributed by atoms with van der Waals surface area (Å²) in [7, 11) is 0. The number of carbonyl (C=O) groups excluding carboxylic acids is 1. The molecule has 184 valence electrons. The number of rotatable bonds is 22. The number of unbranched alkanes of at least 4 members (excludes halogenated alkanes) is 9. The van der Waals surface area contributed by atoms with Gasteiger partial charge in [-0.15, -0.1) is 0 Å². The number of ether oxygens (including phenoxy) is 3. The summed E-state index contributed by atoms with van der Waals surface area (Å²) in [6, 6.07) is 3.54. The Morgan fingerprint density at radius 1 is 0.562 bits per heavy atom. The van der Waals surface area contributed by atoms with Crippen LogP contribution in [0.3, 0.4) is 0 Å². The number of hydrogen-bond acceptors (Lipinski definition) is 4. The highest BCUT2D eigenvalue weighted by atomic mass is 79.9. The lowest BCUT2D eigenvalue weighted by Crippen LogP contribution is -2.07. The van der Waals surface area contributed by atoms with Gasteiger partial charge in [0.15, 0.2) is 11.5 Å². The highest BCUT2D eigenvalue weighted by Gasteiger charge is 2.16. The molecule has 0 saturated heterocycles. The van der Waals surface area contributed by atoms with E-state index in [0.29, 0.717) is 42.6 Å². The van der Waals surface area contributed by atoms with Gasteiger partial charge in [-0.3, -0.25) is 4.79 Å². The normalized spacial score (nSPS) is 10.8. The average molecular weight is 643 g/mol. The molecule has 1 aromatic rings. The molecule has 0 saturated carbocycles. The zero-order valence-corrected chi connectivity index (χ0v) is 24.0. The molecular weight excluding hydrogens is 604 g/mol. The Labute approximate surface area is 219 Å². The van der Waals surface area contributed by atoms with Crippen molar-refractivity contribution in [1.29, 1.82) is 0 Å². The van der Waals surface area contributed by atoms with Crippen LogP contribution in [-0.4, -0.2) is 42.1 Å². The zero-order valence-electron chi connectivity index (χ0n) is 19.2. The number of benzene rings is 1. The fourth-order valence-corrected chi connectivity index (χ4v) is 4.40. The van der Waals surface area contributed by atoms with Gasteiger partial charge < -0.3 is 14.2 Å². The van der Waals surface area contributed by atoms with Gasteiger partial charge in [-0.2, -0.15) is 0 Å². The van der Waals surface area contributed by atoms with E-state index < -0.39 is 0 Å². The van der Waals surface area contributed by atoms with Crippen molar-refractivity contribution >= 4 is 54.1 Å². The maximum atomic E-state index is 11.5. The van der Waals surface area contributed by atoms with Crippen LogP contribution in [0.5, 0.6) is 17.2 Å². The Balaban J connectivity index is 2.76. The molecule has 0 bridgehead atoms. The number of carbonyl (C=O) groups is 1. The van der Waals surface area contributed by atoms with Gasteiger partial charge in [-0.05, 0) is 50.7 Å². The van der Waals surface area contributed by atoms with E-state index in [9.17, 15) is 4.79 Å². The second-order valence-electron chi connectivity index (χ2n) is 7.82. The molecule has 0 aliphatic carbocycles. The van der Waals surface area contributed by atoms with Gasteiger partial charge in [-0.25, -0.2) is 0 Å². The molecule has 0 atom stereocenters. The lowest BCUT2D eigenvalue weighted by atomic mass is 10.2. The number of aldehydes is 1. The third kappa shape index (κ3) is 14.1. The number of halogens is 3. The standard InChI is InChI=1S/C25H39Br3O4/c26-13-7-1-4-10-16-30-23-19-22(21-29)20-24(31-17-11-5-2-8-14-27)25(23)32-18-12-6-3-9-15-28/h19-21H,1-18H2. The van der Waals surface area contributed by atoms with Crippen LogP contribution in [-0.2, 0) is 0 Å². The van der Waals surface area contributed by atoms with Crippen LogP contribution < -0.4 is 14.2 Å². The molecule has 0 aromatic heterocycles. The summed E-state index contributed by atoms with van der Waals surface area (Å²) in [5.74, 6) is 1.87.